The van der Waals surface area contributed by atoms with Gasteiger partial charge in [0.15, 0.2) is 5.60 Å². The summed E-state index contributed by atoms with van der Waals surface area (Å²) in [6.07, 6.45) is 0.939. The van der Waals surface area contributed by atoms with E-state index >= 15 is 0 Å². The van der Waals surface area contributed by atoms with Gasteiger partial charge in [0.25, 0.3) is 0 Å². The average molecular weight is 448 g/mol. The zero-order chi connectivity index (χ0) is 23.4. The Morgan fingerprint density at radius 3 is 2.44 bits per heavy atom. The van der Waals surface area contributed by atoms with E-state index in [9.17, 15) is 4.79 Å². The fourth-order valence-corrected chi connectivity index (χ4v) is 5.16. The molecule has 1 N–H and O–H groups in total. The number of nitrogens with one attached hydrogen (secondary N) is 1. The van der Waals surface area contributed by atoms with Crippen molar-refractivity contribution in [2.75, 3.05) is 5.32 Å². The van der Waals surface area contributed by atoms with Crippen LogP contribution >= 0.6 is 0 Å². The van der Waals surface area contributed by atoms with Crippen LogP contribution in [0.15, 0.2) is 78.9 Å². The van der Waals surface area contributed by atoms with E-state index in [2.05, 4.69) is 43.4 Å². The molecular weight excluding hydrogens is 422 g/mol. The topological polar surface area (TPSA) is 47.6 Å². The van der Waals surface area contributed by atoms with Gasteiger partial charge in [-0.1, -0.05) is 54.4 Å². The normalized spacial score (nSPS) is 17.4. The predicted molar refractivity (Wildman–Crippen MR) is 133 cm³/mol. The van der Waals surface area contributed by atoms with E-state index in [0.29, 0.717) is 17.1 Å². The number of benzene rings is 4. The molecule has 6 rings (SSSR count). The standard InChI is InChI=1S/C30H25NO3/c1-4-20-15-18(2)9-13-26(20)31-21-11-12-24-28(17-21)33-27-14-10-19(3)16-25(27)30(24)23-8-6-5-7-22(23)29(32)34-30/h5-17,31H,4H2,1-3H3. The number of ether oxygens (including phenoxy) is 2. The molecule has 0 fully saturated rings. The maximum atomic E-state index is 13.0. The molecule has 34 heavy (non-hydrogen) atoms. The van der Waals surface area contributed by atoms with Crippen molar-refractivity contribution in [1.82, 2.24) is 0 Å². The third-order valence-corrected chi connectivity index (χ3v) is 6.79. The summed E-state index contributed by atoms with van der Waals surface area (Å²) in [7, 11) is 0. The van der Waals surface area contributed by atoms with Gasteiger partial charge in [-0.2, -0.15) is 0 Å². The van der Waals surface area contributed by atoms with Crippen LogP contribution in [-0.4, -0.2) is 5.97 Å². The summed E-state index contributed by atoms with van der Waals surface area (Å²) in [6, 6.07) is 26.1. The molecule has 0 amide bonds. The molecule has 0 aliphatic carbocycles. The van der Waals surface area contributed by atoms with Gasteiger partial charge in [-0.3, -0.25) is 0 Å². The highest BCUT2D eigenvalue weighted by Crippen LogP contribution is 2.56. The van der Waals surface area contributed by atoms with Crippen LogP contribution in [0.3, 0.4) is 0 Å². The Balaban J connectivity index is 1.52. The van der Waals surface area contributed by atoms with Crippen molar-refractivity contribution >= 4 is 17.3 Å². The third kappa shape index (κ3) is 2.95. The first kappa shape index (κ1) is 20.5. The number of aryl methyl sites for hydroxylation is 3. The van der Waals surface area contributed by atoms with E-state index in [1.807, 2.05) is 61.5 Å². The summed E-state index contributed by atoms with van der Waals surface area (Å²) < 4.78 is 12.6. The molecule has 0 saturated carbocycles. The van der Waals surface area contributed by atoms with Crippen LogP contribution in [0.4, 0.5) is 11.4 Å². The SMILES string of the molecule is CCc1cc(C)ccc1Nc1ccc2c(c1)Oc1ccc(C)cc1C21OC(=O)c2ccccc21. The van der Waals surface area contributed by atoms with E-state index in [1.54, 1.807) is 0 Å². The maximum absolute atomic E-state index is 13.0. The van der Waals surface area contributed by atoms with Gasteiger partial charge in [-0.15, -0.1) is 0 Å². The van der Waals surface area contributed by atoms with Crippen LogP contribution in [-0.2, 0) is 16.8 Å². The van der Waals surface area contributed by atoms with Crippen molar-refractivity contribution in [3.63, 3.8) is 0 Å². The Labute approximate surface area is 199 Å². The number of hydrogen-bond acceptors (Lipinski definition) is 4. The second kappa shape index (κ2) is 7.49. The Morgan fingerprint density at radius 1 is 0.794 bits per heavy atom. The monoisotopic (exact) mass is 447 g/mol. The molecule has 4 aromatic carbocycles. The van der Waals surface area contributed by atoms with Crippen molar-refractivity contribution in [2.45, 2.75) is 32.8 Å². The highest BCUT2D eigenvalue weighted by atomic mass is 16.6. The molecule has 4 aromatic rings. The highest BCUT2D eigenvalue weighted by Gasteiger charge is 2.53. The van der Waals surface area contributed by atoms with Gasteiger partial charge in [0.1, 0.15) is 11.5 Å². The molecule has 1 spiro atoms. The lowest BCUT2D eigenvalue weighted by Crippen LogP contribution is -2.33. The first-order chi connectivity index (χ1) is 16.5. The maximum Gasteiger partial charge on any atom is 0.340 e. The molecule has 2 heterocycles. The van der Waals surface area contributed by atoms with Crippen LogP contribution in [0.25, 0.3) is 0 Å². The predicted octanol–water partition coefficient (Wildman–Crippen LogP) is 7.18. The van der Waals surface area contributed by atoms with E-state index in [1.165, 1.54) is 11.1 Å². The molecular formula is C30H25NO3. The minimum Gasteiger partial charge on any atom is -0.456 e. The molecule has 4 nitrogen and oxygen atoms in total. The Kier molecular flexibility index (Phi) is 4.53. The van der Waals surface area contributed by atoms with E-state index in [0.717, 1.165) is 40.0 Å². The van der Waals surface area contributed by atoms with Gasteiger partial charge >= 0.3 is 5.97 Å². The summed E-state index contributed by atoms with van der Waals surface area (Å²) in [5.41, 5.74) is 7.67. The Bertz CT molecular complexity index is 1470. The van der Waals surface area contributed by atoms with Crippen LogP contribution in [0.2, 0.25) is 0 Å². The molecule has 2 aliphatic heterocycles. The van der Waals surface area contributed by atoms with Gasteiger partial charge in [0, 0.05) is 34.1 Å². The summed E-state index contributed by atoms with van der Waals surface area (Å²) in [4.78, 5) is 13.0. The molecule has 4 heteroatoms. The Morgan fingerprint density at radius 2 is 1.59 bits per heavy atom. The molecule has 0 radical (unpaired) electrons. The zero-order valence-corrected chi connectivity index (χ0v) is 19.4. The second-order valence-corrected chi connectivity index (χ2v) is 9.07. The smallest absolute Gasteiger partial charge is 0.340 e. The number of hydrogen-bond donors (Lipinski definition) is 1. The minimum absolute atomic E-state index is 0.314. The first-order valence-corrected chi connectivity index (χ1v) is 11.6. The first-order valence-electron chi connectivity index (χ1n) is 11.6. The van der Waals surface area contributed by atoms with Crippen LogP contribution in [0.5, 0.6) is 11.5 Å². The molecule has 2 aliphatic rings. The van der Waals surface area contributed by atoms with Crippen LogP contribution < -0.4 is 10.1 Å². The van der Waals surface area contributed by atoms with E-state index < -0.39 is 5.60 Å². The quantitative estimate of drug-likeness (QED) is 0.338. The highest BCUT2D eigenvalue weighted by molar-refractivity contribution is 5.97. The number of fused-ring (bicyclic) bond motifs is 6. The molecule has 0 saturated heterocycles. The Hall–Kier alpha value is -4.05. The van der Waals surface area contributed by atoms with Gasteiger partial charge in [0.2, 0.25) is 0 Å². The number of esters is 1. The lowest BCUT2D eigenvalue weighted by molar-refractivity contribution is 0.0224. The minimum atomic E-state index is -1.03. The fraction of sp³-hybridized carbons (Fsp3) is 0.167. The van der Waals surface area contributed by atoms with Gasteiger partial charge in [-0.05, 0) is 62.2 Å². The molecule has 1 atom stereocenters. The largest absolute Gasteiger partial charge is 0.456 e. The van der Waals surface area contributed by atoms with Gasteiger partial charge < -0.3 is 14.8 Å². The third-order valence-electron chi connectivity index (χ3n) is 6.79. The summed E-state index contributed by atoms with van der Waals surface area (Å²) >= 11 is 0. The van der Waals surface area contributed by atoms with Crippen molar-refractivity contribution < 1.29 is 14.3 Å². The molecule has 0 aromatic heterocycles. The van der Waals surface area contributed by atoms with E-state index in [-0.39, 0.29) is 5.97 Å². The van der Waals surface area contributed by atoms with Crippen molar-refractivity contribution in [3.05, 3.63) is 118 Å². The van der Waals surface area contributed by atoms with Crippen molar-refractivity contribution in [3.8, 4) is 11.5 Å². The van der Waals surface area contributed by atoms with Gasteiger partial charge in [0.05, 0.1) is 5.56 Å². The lowest BCUT2D eigenvalue weighted by Gasteiger charge is -2.37. The summed E-state index contributed by atoms with van der Waals surface area (Å²) in [6.45, 7) is 6.30. The number of anilines is 2. The van der Waals surface area contributed by atoms with Crippen LogP contribution in [0, 0.1) is 13.8 Å². The lowest BCUT2D eigenvalue weighted by atomic mass is 9.77. The average Bonchev–Trinajstić information content (AvgIpc) is 3.14. The van der Waals surface area contributed by atoms with Crippen molar-refractivity contribution in [2.24, 2.45) is 0 Å². The van der Waals surface area contributed by atoms with Crippen molar-refractivity contribution in [1.29, 1.82) is 0 Å². The van der Waals surface area contributed by atoms with Gasteiger partial charge in [-0.25, -0.2) is 4.79 Å². The molecule has 1 unspecified atom stereocenters. The molecule has 0 bridgehead atoms. The van der Waals surface area contributed by atoms with Crippen LogP contribution in [0.1, 0.15) is 50.7 Å². The zero-order valence-electron chi connectivity index (χ0n) is 19.4. The molecule has 168 valence electrons. The number of carbonyl (C=O) groups excluding carboxylic acids is 1. The van der Waals surface area contributed by atoms with E-state index in [4.69, 9.17) is 9.47 Å². The summed E-state index contributed by atoms with van der Waals surface area (Å²) in [5, 5.41) is 3.55. The number of rotatable bonds is 3. The number of carbonyl (C=O) groups is 1. The fourth-order valence-electron chi connectivity index (χ4n) is 5.16. The summed E-state index contributed by atoms with van der Waals surface area (Å²) in [5.74, 6) is 1.06. The second-order valence-electron chi connectivity index (χ2n) is 9.07.